The highest BCUT2D eigenvalue weighted by Crippen LogP contribution is 2.24. The molecule has 2 heterocycles. The summed E-state index contributed by atoms with van der Waals surface area (Å²) in [7, 11) is 3.65. The van der Waals surface area contributed by atoms with Gasteiger partial charge in [-0.2, -0.15) is 0 Å². The van der Waals surface area contributed by atoms with Gasteiger partial charge in [0.1, 0.15) is 5.15 Å². The van der Waals surface area contributed by atoms with E-state index in [2.05, 4.69) is 34.4 Å². The molecule has 1 aliphatic rings. The fourth-order valence-corrected chi connectivity index (χ4v) is 3.37. The van der Waals surface area contributed by atoms with Crippen molar-refractivity contribution in [2.45, 2.75) is 26.5 Å². The Morgan fingerprint density at radius 3 is 2.76 bits per heavy atom. The molecule has 8 heteroatoms. The molecular weight excluding hydrogens is 361 g/mol. The third kappa shape index (κ3) is 6.06. The molecule has 6 nitrogen and oxygen atoms in total. The normalized spacial score (nSPS) is 19.5. The molecule has 2 rings (SSSR count). The lowest BCUT2D eigenvalue weighted by atomic mass is 10.2. The summed E-state index contributed by atoms with van der Waals surface area (Å²) in [5.41, 5.74) is 0.995. The van der Waals surface area contributed by atoms with E-state index in [1.807, 2.05) is 17.7 Å². The highest BCUT2D eigenvalue weighted by molar-refractivity contribution is 6.41. The van der Waals surface area contributed by atoms with Crippen molar-refractivity contribution in [3.05, 3.63) is 21.9 Å². The molecule has 1 aromatic rings. The molecule has 1 aliphatic heterocycles. The van der Waals surface area contributed by atoms with E-state index in [-0.39, 0.29) is 6.10 Å². The first kappa shape index (κ1) is 20.4. The number of rotatable bonds is 6. The maximum atomic E-state index is 6.10. The summed E-state index contributed by atoms with van der Waals surface area (Å²) >= 11 is 12.1. The molecule has 0 bridgehead atoms. The van der Waals surface area contributed by atoms with E-state index in [1.165, 1.54) is 0 Å². The Bertz CT molecular complexity index is 588. The molecule has 1 atom stereocenters. The van der Waals surface area contributed by atoms with Crippen LogP contribution in [0.25, 0.3) is 0 Å². The Hall–Kier alpha value is -0.950. The molecule has 142 valence electrons. The van der Waals surface area contributed by atoms with Gasteiger partial charge in [-0.05, 0) is 12.0 Å². The molecule has 0 amide bonds. The molecule has 0 aromatic carbocycles. The average Bonchev–Trinajstić information content (AvgIpc) is 2.82. The van der Waals surface area contributed by atoms with Gasteiger partial charge in [-0.3, -0.25) is 9.89 Å². The summed E-state index contributed by atoms with van der Waals surface area (Å²) in [6.45, 7) is 9.67. The zero-order chi connectivity index (χ0) is 18.4. The quantitative estimate of drug-likeness (QED) is 0.579. The molecule has 0 radical (unpaired) electrons. The van der Waals surface area contributed by atoms with Crippen LogP contribution in [0.5, 0.6) is 0 Å². The predicted molar refractivity (Wildman–Crippen MR) is 105 cm³/mol. The maximum Gasteiger partial charge on any atom is 0.191 e. The van der Waals surface area contributed by atoms with E-state index >= 15 is 0 Å². The molecule has 1 unspecified atom stereocenters. The van der Waals surface area contributed by atoms with Crippen molar-refractivity contribution in [3.63, 3.8) is 0 Å². The molecule has 1 fully saturated rings. The molecule has 2 N–H and O–H groups in total. The van der Waals surface area contributed by atoms with E-state index in [9.17, 15) is 0 Å². The molecule has 0 aliphatic carbocycles. The van der Waals surface area contributed by atoms with Crippen LogP contribution in [0.2, 0.25) is 10.2 Å². The minimum Gasteiger partial charge on any atom is -0.374 e. The zero-order valence-corrected chi connectivity index (χ0v) is 17.0. The summed E-state index contributed by atoms with van der Waals surface area (Å²) in [6, 6.07) is 1.86. The van der Waals surface area contributed by atoms with Crippen molar-refractivity contribution >= 4 is 29.2 Å². The summed E-state index contributed by atoms with van der Waals surface area (Å²) < 4.78 is 7.72. The van der Waals surface area contributed by atoms with Gasteiger partial charge in [0.05, 0.1) is 24.3 Å². The van der Waals surface area contributed by atoms with Crippen molar-refractivity contribution in [2.75, 3.05) is 39.8 Å². The number of halogens is 2. The second-order valence-corrected chi connectivity index (χ2v) is 7.55. The molecule has 0 saturated carbocycles. The highest BCUT2D eigenvalue weighted by Gasteiger charge is 2.21. The third-order valence-electron chi connectivity index (χ3n) is 4.22. The smallest absolute Gasteiger partial charge is 0.191 e. The molecular formula is C17H29Cl2N5O. The fourth-order valence-electron chi connectivity index (χ4n) is 2.95. The van der Waals surface area contributed by atoms with E-state index in [0.29, 0.717) is 22.6 Å². The minimum atomic E-state index is 0.171. The first-order valence-corrected chi connectivity index (χ1v) is 9.44. The number of guanidine groups is 1. The van der Waals surface area contributed by atoms with Gasteiger partial charge in [0, 0.05) is 46.0 Å². The lowest BCUT2D eigenvalue weighted by Crippen LogP contribution is -2.50. The number of nitrogens with zero attached hydrogens (tertiary/aromatic N) is 3. The van der Waals surface area contributed by atoms with Gasteiger partial charge in [-0.25, -0.2) is 0 Å². The van der Waals surface area contributed by atoms with Gasteiger partial charge in [-0.15, -0.1) is 0 Å². The summed E-state index contributed by atoms with van der Waals surface area (Å²) in [5, 5.41) is 7.72. The highest BCUT2D eigenvalue weighted by atomic mass is 35.5. The van der Waals surface area contributed by atoms with E-state index in [0.717, 1.165) is 44.4 Å². The van der Waals surface area contributed by atoms with Crippen molar-refractivity contribution < 1.29 is 4.74 Å². The second-order valence-electron chi connectivity index (χ2n) is 6.79. The Morgan fingerprint density at radius 2 is 2.16 bits per heavy atom. The Morgan fingerprint density at radius 1 is 1.40 bits per heavy atom. The lowest BCUT2D eigenvalue weighted by molar-refractivity contribution is -0.0284. The number of morpholine rings is 1. The number of hydrogen-bond donors (Lipinski definition) is 2. The third-order valence-corrected chi connectivity index (χ3v) is 5.06. The number of aliphatic imine (C=N–C) groups is 1. The zero-order valence-electron chi connectivity index (χ0n) is 15.5. The van der Waals surface area contributed by atoms with E-state index in [1.54, 1.807) is 7.05 Å². The lowest BCUT2D eigenvalue weighted by Gasteiger charge is -2.34. The van der Waals surface area contributed by atoms with Crippen LogP contribution in [0.4, 0.5) is 0 Å². The van der Waals surface area contributed by atoms with Gasteiger partial charge in [-0.1, -0.05) is 37.0 Å². The topological polar surface area (TPSA) is 53.8 Å². The molecule has 1 saturated heterocycles. The largest absolute Gasteiger partial charge is 0.374 e. The number of ether oxygens (including phenoxy) is 1. The van der Waals surface area contributed by atoms with E-state index < -0.39 is 0 Å². The van der Waals surface area contributed by atoms with Crippen LogP contribution in [-0.2, 0) is 18.3 Å². The predicted octanol–water partition coefficient (Wildman–Crippen LogP) is 2.35. The van der Waals surface area contributed by atoms with Crippen molar-refractivity contribution in [2.24, 2.45) is 18.0 Å². The Labute approximate surface area is 160 Å². The van der Waals surface area contributed by atoms with Crippen LogP contribution in [-0.4, -0.2) is 61.4 Å². The van der Waals surface area contributed by atoms with Crippen LogP contribution in [0.1, 0.15) is 19.5 Å². The summed E-state index contributed by atoms with van der Waals surface area (Å²) in [5.74, 6) is 1.41. The standard InChI is InChI=1S/C17H29Cl2N5O/c1-12(2)10-24-5-6-25-14(11-24)9-22-17(20-3)21-8-13-7-15(18)16(19)23(13)4/h7,12,14H,5-6,8-11H2,1-4H3,(H2,20,21,22). The average molecular weight is 390 g/mol. The molecule has 0 spiro atoms. The van der Waals surface area contributed by atoms with Crippen molar-refractivity contribution in [3.8, 4) is 0 Å². The van der Waals surface area contributed by atoms with Crippen LogP contribution < -0.4 is 10.6 Å². The van der Waals surface area contributed by atoms with Gasteiger partial charge in [0.25, 0.3) is 0 Å². The van der Waals surface area contributed by atoms with Gasteiger partial charge < -0.3 is 19.9 Å². The number of hydrogen-bond acceptors (Lipinski definition) is 3. The second kappa shape index (κ2) is 9.67. The maximum absolute atomic E-state index is 6.10. The summed E-state index contributed by atoms with van der Waals surface area (Å²) in [4.78, 5) is 6.73. The van der Waals surface area contributed by atoms with Crippen LogP contribution >= 0.6 is 23.2 Å². The Kier molecular flexibility index (Phi) is 7.87. The van der Waals surface area contributed by atoms with Gasteiger partial charge in [0.2, 0.25) is 0 Å². The summed E-state index contributed by atoms with van der Waals surface area (Å²) in [6.07, 6.45) is 0.171. The van der Waals surface area contributed by atoms with E-state index in [4.69, 9.17) is 27.9 Å². The Balaban J connectivity index is 1.79. The van der Waals surface area contributed by atoms with Crippen LogP contribution in [0.3, 0.4) is 0 Å². The molecule has 1 aromatic heterocycles. The monoisotopic (exact) mass is 389 g/mol. The minimum absolute atomic E-state index is 0.171. The number of nitrogens with one attached hydrogen (secondary N) is 2. The van der Waals surface area contributed by atoms with Crippen molar-refractivity contribution in [1.29, 1.82) is 0 Å². The fraction of sp³-hybridized carbons (Fsp3) is 0.706. The molecule has 25 heavy (non-hydrogen) atoms. The van der Waals surface area contributed by atoms with Crippen LogP contribution in [0, 0.1) is 5.92 Å². The number of aromatic nitrogens is 1. The SMILES string of the molecule is CN=C(NCc1cc(Cl)c(Cl)n1C)NCC1CN(CC(C)C)CCO1. The first-order valence-electron chi connectivity index (χ1n) is 8.68. The van der Waals surface area contributed by atoms with Gasteiger partial charge in [0.15, 0.2) is 5.96 Å². The van der Waals surface area contributed by atoms with Gasteiger partial charge >= 0.3 is 0 Å². The first-order chi connectivity index (χ1) is 11.9. The van der Waals surface area contributed by atoms with Crippen LogP contribution in [0.15, 0.2) is 11.1 Å². The van der Waals surface area contributed by atoms with Crippen molar-refractivity contribution in [1.82, 2.24) is 20.1 Å².